The smallest absolute Gasteiger partial charge is 0.287 e. The van der Waals surface area contributed by atoms with Crippen molar-refractivity contribution in [2.75, 3.05) is 0 Å². The van der Waals surface area contributed by atoms with Crippen LogP contribution in [-0.2, 0) is 19.8 Å². The van der Waals surface area contributed by atoms with Gasteiger partial charge in [0.1, 0.15) is 5.69 Å². The SMILES string of the molecule is Cn1ccnc1SCc1ccc(C(=O)NNC(=O)c2ccnn2C)cc1. The van der Waals surface area contributed by atoms with Gasteiger partial charge in [-0.1, -0.05) is 23.9 Å². The fraction of sp³-hybridized carbons (Fsp3) is 0.176. The van der Waals surface area contributed by atoms with Crippen LogP contribution in [0.4, 0.5) is 0 Å². The molecule has 26 heavy (non-hydrogen) atoms. The van der Waals surface area contributed by atoms with Gasteiger partial charge in [-0.3, -0.25) is 25.1 Å². The number of thioether (sulfide) groups is 1. The number of aryl methyl sites for hydroxylation is 2. The number of nitrogens with zero attached hydrogens (tertiary/aromatic N) is 4. The Morgan fingerprint density at radius 2 is 1.77 bits per heavy atom. The number of hydrogen-bond acceptors (Lipinski definition) is 5. The second kappa shape index (κ2) is 7.87. The molecular formula is C17H18N6O2S. The van der Waals surface area contributed by atoms with E-state index in [1.54, 1.807) is 43.2 Å². The summed E-state index contributed by atoms with van der Waals surface area (Å²) in [5, 5.41) is 4.84. The molecule has 2 aromatic heterocycles. The summed E-state index contributed by atoms with van der Waals surface area (Å²) < 4.78 is 3.38. The molecule has 0 saturated carbocycles. The van der Waals surface area contributed by atoms with E-state index >= 15 is 0 Å². The minimum Gasteiger partial charge on any atom is -0.329 e. The van der Waals surface area contributed by atoms with Gasteiger partial charge in [-0.05, 0) is 23.8 Å². The number of hydrazine groups is 1. The first-order valence-corrected chi connectivity index (χ1v) is 8.81. The molecule has 0 unspecified atom stereocenters. The summed E-state index contributed by atoms with van der Waals surface area (Å²) in [6.07, 6.45) is 5.17. The molecule has 134 valence electrons. The van der Waals surface area contributed by atoms with Crippen LogP contribution in [0, 0.1) is 0 Å². The van der Waals surface area contributed by atoms with Crippen LogP contribution >= 0.6 is 11.8 Å². The van der Waals surface area contributed by atoms with E-state index in [1.807, 2.05) is 29.9 Å². The number of nitrogens with one attached hydrogen (secondary N) is 2. The second-order valence-corrected chi connectivity index (χ2v) is 6.50. The third-order valence-electron chi connectivity index (χ3n) is 3.70. The summed E-state index contributed by atoms with van der Waals surface area (Å²) in [5.41, 5.74) is 6.66. The first-order chi connectivity index (χ1) is 12.5. The van der Waals surface area contributed by atoms with Crippen LogP contribution in [-0.4, -0.2) is 31.1 Å². The Kier molecular flexibility index (Phi) is 5.37. The largest absolute Gasteiger partial charge is 0.329 e. The van der Waals surface area contributed by atoms with Crippen molar-refractivity contribution in [3.8, 4) is 0 Å². The van der Waals surface area contributed by atoms with Crippen LogP contribution < -0.4 is 10.9 Å². The highest BCUT2D eigenvalue weighted by atomic mass is 32.2. The van der Waals surface area contributed by atoms with Crippen LogP contribution in [0.3, 0.4) is 0 Å². The number of carbonyl (C=O) groups is 2. The van der Waals surface area contributed by atoms with E-state index in [0.29, 0.717) is 11.3 Å². The lowest BCUT2D eigenvalue weighted by molar-refractivity contribution is 0.0841. The van der Waals surface area contributed by atoms with E-state index in [2.05, 4.69) is 20.9 Å². The predicted octanol–water partition coefficient (Wildman–Crippen LogP) is 1.52. The third-order valence-corrected chi connectivity index (χ3v) is 4.83. The maximum atomic E-state index is 12.1. The molecule has 9 heteroatoms. The average Bonchev–Trinajstić information content (AvgIpc) is 3.26. The van der Waals surface area contributed by atoms with Gasteiger partial charge in [0, 0.05) is 44.0 Å². The summed E-state index contributed by atoms with van der Waals surface area (Å²) in [6, 6.07) is 8.77. The van der Waals surface area contributed by atoms with Crippen molar-refractivity contribution in [2.45, 2.75) is 10.9 Å². The molecule has 3 rings (SSSR count). The lowest BCUT2D eigenvalue weighted by Gasteiger charge is -2.08. The minimum absolute atomic E-state index is 0.354. The lowest BCUT2D eigenvalue weighted by atomic mass is 10.1. The molecule has 0 saturated heterocycles. The van der Waals surface area contributed by atoms with Gasteiger partial charge < -0.3 is 4.57 Å². The van der Waals surface area contributed by atoms with Crippen molar-refractivity contribution < 1.29 is 9.59 Å². The van der Waals surface area contributed by atoms with Crippen molar-refractivity contribution in [1.82, 2.24) is 30.2 Å². The van der Waals surface area contributed by atoms with Gasteiger partial charge in [0.15, 0.2) is 5.16 Å². The Bertz CT molecular complexity index is 915. The van der Waals surface area contributed by atoms with Gasteiger partial charge in [-0.15, -0.1) is 0 Å². The Labute approximate surface area is 154 Å². The second-order valence-electron chi connectivity index (χ2n) is 5.55. The molecule has 2 amide bonds. The molecule has 0 aliphatic rings. The molecule has 1 aromatic carbocycles. The van der Waals surface area contributed by atoms with Crippen molar-refractivity contribution in [3.63, 3.8) is 0 Å². The molecule has 0 atom stereocenters. The van der Waals surface area contributed by atoms with Gasteiger partial charge in [0.05, 0.1) is 0 Å². The topological polar surface area (TPSA) is 93.8 Å². The van der Waals surface area contributed by atoms with Crippen LogP contribution in [0.1, 0.15) is 26.4 Å². The summed E-state index contributed by atoms with van der Waals surface area (Å²) in [4.78, 5) is 28.3. The van der Waals surface area contributed by atoms with E-state index < -0.39 is 5.91 Å². The molecule has 0 aliphatic carbocycles. The summed E-state index contributed by atoms with van der Waals surface area (Å²) >= 11 is 1.62. The van der Waals surface area contributed by atoms with E-state index in [9.17, 15) is 9.59 Å². The highest BCUT2D eigenvalue weighted by Crippen LogP contribution is 2.20. The predicted molar refractivity (Wildman–Crippen MR) is 97.4 cm³/mol. The normalized spacial score (nSPS) is 10.5. The fourth-order valence-electron chi connectivity index (χ4n) is 2.24. The fourth-order valence-corrected chi connectivity index (χ4v) is 3.13. The maximum Gasteiger partial charge on any atom is 0.287 e. The molecule has 2 heterocycles. The lowest BCUT2D eigenvalue weighted by Crippen LogP contribution is -2.42. The van der Waals surface area contributed by atoms with Gasteiger partial charge in [-0.2, -0.15) is 5.10 Å². The molecule has 0 aliphatic heterocycles. The zero-order chi connectivity index (χ0) is 18.5. The molecule has 2 N–H and O–H groups in total. The third kappa shape index (κ3) is 4.12. The number of imidazole rings is 1. The van der Waals surface area contributed by atoms with Gasteiger partial charge in [0.25, 0.3) is 11.8 Å². The standard InChI is InChI=1S/C17H18N6O2S/c1-22-10-9-18-17(22)26-11-12-3-5-13(6-4-12)15(24)20-21-16(25)14-7-8-19-23(14)2/h3-10H,11H2,1-2H3,(H,20,24)(H,21,25). The number of amides is 2. The highest BCUT2D eigenvalue weighted by Gasteiger charge is 2.12. The number of carbonyl (C=O) groups excluding carboxylic acids is 2. The first-order valence-electron chi connectivity index (χ1n) is 7.82. The number of aromatic nitrogens is 4. The van der Waals surface area contributed by atoms with Crippen LogP contribution in [0.15, 0.2) is 54.1 Å². The molecular weight excluding hydrogens is 352 g/mol. The molecule has 0 radical (unpaired) electrons. The van der Waals surface area contributed by atoms with Gasteiger partial charge >= 0.3 is 0 Å². The van der Waals surface area contributed by atoms with E-state index in [4.69, 9.17) is 0 Å². The zero-order valence-electron chi connectivity index (χ0n) is 14.3. The van der Waals surface area contributed by atoms with E-state index in [-0.39, 0.29) is 5.91 Å². The summed E-state index contributed by atoms with van der Waals surface area (Å²) in [5.74, 6) is -0.0606. The number of rotatable bonds is 5. The maximum absolute atomic E-state index is 12.1. The van der Waals surface area contributed by atoms with Crippen LogP contribution in [0.5, 0.6) is 0 Å². The van der Waals surface area contributed by atoms with Crippen molar-refractivity contribution in [2.24, 2.45) is 14.1 Å². The van der Waals surface area contributed by atoms with Crippen molar-refractivity contribution in [3.05, 3.63) is 65.7 Å². The average molecular weight is 370 g/mol. The number of hydrogen-bond donors (Lipinski definition) is 2. The van der Waals surface area contributed by atoms with E-state index in [0.717, 1.165) is 16.5 Å². The van der Waals surface area contributed by atoms with Crippen molar-refractivity contribution in [1.29, 1.82) is 0 Å². The summed E-state index contributed by atoms with van der Waals surface area (Å²) in [7, 11) is 3.60. The summed E-state index contributed by atoms with van der Waals surface area (Å²) in [6.45, 7) is 0. The number of benzene rings is 1. The monoisotopic (exact) mass is 370 g/mol. The van der Waals surface area contributed by atoms with Crippen LogP contribution in [0.25, 0.3) is 0 Å². The van der Waals surface area contributed by atoms with Crippen LogP contribution in [0.2, 0.25) is 0 Å². The van der Waals surface area contributed by atoms with Gasteiger partial charge in [0.2, 0.25) is 0 Å². The van der Waals surface area contributed by atoms with Crippen molar-refractivity contribution >= 4 is 23.6 Å². The molecule has 3 aromatic rings. The highest BCUT2D eigenvalue weighted by molar-refractivity contribution is 7.98. The molecule has 8 nitrogen and oxygen atoms in total. The van der Waals surface area contributed by atoms with E-state index in [1.165, 1.54) is 10.9 Å². The Morgan fingerprint density at radius 1 is 1.04 bits per heavy atom. The minimum atomic E-state index is -0.429. The zero-order valence-corrected chi connectivity index (χ0v) is 15.2. The van der Waals surface area contributed by atoms with Gasteiger partial charge in [-0.25, -0.2) is 4.98 Å². The Morgan fingerprint density at radius 3 is 2.38 bits per heavy atom. The first kappa shape index (κ1) is 17.7. The Hall–Kier alpha value is -3.07. The quantitative estimate of drug-likeness (QED) is 0.525. The molecule has 0 spiro atoms. The molecule has 0 fully saturated rings. The molecule has 0 bridgehead atoms. The Balaban J connectivity index is 1.53.